The van der Waals surface area contributed by atoms with Crippen molar-refractivity contribution >= 4 is 27.6 Å². The Bertz CT molecular complexity index is 753. The summed E-state index contributed by atoms with van der Waals surface area (Å²) < 4.78 is 9.53. The first kappa shape index (κ1) is 11.9. The first-order chi connectivity index (χ1) is 9.19. The topological polar surface area (TPSA) is 73.9 Å². The number of rotatable bonds is 2. The van der Waals surface area contributed by atoms with E-state index in [1.807, 2.05) is 31.2 Å². The number of benzene rings is 1. The normalized spacial score (nSPS) is 10.8. The molecule has 0 aliphatic carbocycles. The second kappa shape index (κ2) is 4.47. The molecular weight excluding hydrogens is 260 g/mol. The predicted octanol–water partition coefficient (Wildman–Crippen LogP) is 2.65. The van der Waals surface area contributed by atoms with Gasteiger partial charge in [-0.05, 0) is 24.6 Å². The van der Waals surface area contributed by atoms with Crippen molar-refractivity contribution in [1.82, 2.24) is 14.3 Å². The minimum atomic E-state index is 0.438. The Morgan fingerprint density at radius 2 is 2.00 bits per heavy atom. The molecule has 2 aromatic heterocycles. The summed E-state index contributed by atoms with van der Waals surface area (Å²) in [6.45, 7) is 2.04. The van der Waals surface area contributed by atoms with Gasteiger partial charge < -0.3 is 10.5 Å². The molecule has 19 heavy (non-hydrogen) atoms. The van der Waals surface area contributed by atoms with E-state index in [-0.39, 0.29) is 0 Å². The molecule has 5 nitrogen and oxygen atoms in total. The van der Waals surface area contributed by atoms with E-state index < -0.39 is 0 Å². The molecule has 0 aliphatic rings. The van der Waals surface area contributed by atoms with Crippen LogP contribution in [0.1, 0.15) is 5.56 Å². The largest absolute Gasteiger partial charge is 0.494 e. The van der Waals surface area contributed by atoms with E-state index in [1.54, 1.807) is 7.11 Å². The number of aryl methyl sites for hydroxylation is 1. The lowest BCUT2D eigenvalue weighted by Crippen LogP contribution is -1.93. The fourth-order valence-corrected chi connectivity index (χ4v) is 2.40. The maximum atomic E-state index is 5.60. The Balaban J connectivity index is 2.25. The molecule has 0 amide bonds. The van der Waals surface area contributed by atoms with E-state index >= 15 is 0 Å². The first-order valence-electron chi connectivity index (χ1n) is 5.73. The van der Waals surface area contributed by atoms with Gasteiger partial charge in [0.25, 0.3) is 0 Å². The highest BCUT2D eigenvalue weighted by molar-refractivity contribution is 7.09. The summed E-state index contributed by atoms with van der Waals surface area (Å²) in [5.41, 5.74) is 8.27. The van der Waals surface area contributed by atoms with Crippen molar-refractivity contribution < 1.29 is 4.74 Å². The van der Waals surface area contributed by atoms with Crippen LogP contribution in [0.5, 0.6) is 5.75 Å². The molecule has 1 aromatic carbocycles. The molecule has 3 aromatic rings. The van der Waals surface area contributed by atoms with Gasteiger partial charge in [-0.15, -0.1) is 0 Å². The quantitative estimate of drug-likeness (QED) is 0.776. The van der Waals surface area contributed by atoms with Gasteiger partial charge in [0.1, 0.15) is 17.0 Å². The van der Waals surface area contributed by atoms with Crippen molar-refractivity contribution in [1.29, 1.82) is 0 Å². The van der Waals surface area contributed by atoms with E-state index in [9.17, 15) is 0 Å². The lowest BCUT2D eigenvalue weighted by molar-refractivity contribution is 0.419. The highest BCUT2D eigenvalue weighted by atomic mass is 32.1. The third-order valence-corrected chi connectivity index (χ3v) is 3.47. The maximum absolute atomic E-state index is 5.60. The number of hydrogen-bond donors (Lipinski definition) is 1. The molecule has 0 saturated carbocycles. The summed E-state index contributed by atoms with van der Waals surface area (Å²) in [5.74, 6) is 1.29. The SMILES string of the molecule is COc1ccc(C)c2ccc(-c3nsc(N)n3)nc12. The lowest BCUT2D eigenvalue weighted by atomic mass is 10.1. The van der Waals surface area contributed by atoms with Crippen LogP contribution in [0.2, 0.25) is 0 Å². The minimum Gasteiger partial charge on any atom is -0.494 e. The summed E-state index contributed by atoms with van der Waals surface area (Å²) >= 11 is 1.16. The smallest absolute Gasteiger partial charge is 0.200 e. The number of aromatic nitrogens is 3. The van der Waals surface area contributed by atoms with E-state index in [0.29, 0.717) is 16.6 Å². The zero-order valence-electron chi connectivity index (χ0n) is 10.5. The van der Waals surface area contributed by atoms with Gasteiger partial charge in [-0.3, -0.25) is 0 Å². The number of methoxy groups -OCH3 is 1. The summed E-state index contributed by atoms with van der Waals surface area (Å²) in [6, 6.07) is 7.84. The Labute approximate surface area is 114 Å². The van der Waals surface area contributed by atoms with Crippen LogP contribution in [-0.4, -0.2) is 21.5 Å². The number of fused-ring (bicyclic) bond motifs is 1. The van der Waals surface area contributed by atoms with Crippen LogP contribution >= 0.6 is 11.5 Å². The molecule has 0 radical (unpaired) electrons. The Kier molecular flexibility index (Phi) is 2.79. The van der Waals surface area contributed by atoms with Crippen molar-refractivity contribution in [3.63, 3.8) is 0 Å². The summed E-state index contributed by atoms with van der Waals surface area (Å²) in [6.07, 6.45) is 0. The number of nitrogen functional groups attached to an aromatic ring is 1. The molecule has 0 saturated heterocycles. The zero-order valence-corrected chi connectivity index (χ0v) is 11.4. The van der Waals surface area contributed by atoms with Gasteiger partial charge in [0, 0.05) is 16.9 Å². The molecule has 2 heterocycles. The van der Waals surface area contributed by atoms with Gasteiger partial charge in [-0.1, -0.05) is 12.1 Å². The number of nitrogens with zero attached hydrogens (tertiary/aromatic N) is 3. The molecule has 0 unspecified atom stereocenters. The molecule has 0 spiro atoms. The van der Waals surface area contributed by atoms with Crippen molar-refractivity contribution in [2.45, 2.75) is 6.92 Å². The molecule has 6 heteroatoms. The van der Waals surface area contributed by atoms with Crippen LogP contribution in [0.3, 0.4) is 0 Å². The Hall–Kier alpha value is -2.21. The van der Waals surface area contributed by atoms with Crippen LogP contribution in [-0.2, 0) is 0 Å². The van der Waals surface area contributed by atoms with Crippen molar-refractivity contribution in [2.75, 3.05) is 12.8 Å². The summed E-state index contributed by atoms with van der Waals surface area (Å²) in [5, 5.41) is 1.50. The fraction of sp³-hybridized carbons (Fsp3) is 0.154. The molecule has 96 valence electrons. The van der Waals surface area contributed by atoms with Crippen molar-refractivity contribution in [2.24, 2.45) is 0 Å². The van der Waals surface area contributed by atoms with Crippen LogP contribution in [0.4, 0.5) is 5.13 Å². The standard InChI is InChI=1S/C13H12N4OS/c1-7-3-6-10(18-2)11-8(7)4-5-9(15-11)12-16-13(14)19-17-12/h3-6H,1-2H3,(H2,14,16,17). The third kappa shape index (κ3) is 2.00. The average molecular weight is 272 g/mol. The summed E-state index contributed by atoms with van der Waals surface area (Å²) in [4.78, 5) is 8.74. The van der Waals surface area contributed by atoms with Gasteiger partial charge in [-0.2, -0.15) is 9.36 Å². The number of hydrogen-bond acceptors (Lipinski definition) is 6. The zero-order chi connectivity index (χ0) is 13.4. The average Bonchev–Trinajstić information content (AvgIpc) is 2.86. The Morgan fingerprint density at radius 1 is 1.16 bits per heavy atom. The molecular formula is C13H12N4OS. The molecule has 3 rings (SSSR count). The fourth-order valence-electron chi connectivity index (χ4n) is 1.96. The van der Waals surface area contributed by atoms with Gasteiger partial charge in [0.2, 0.25) is 0 Å². The molecule has 2 N–H and O–H groups in total. The van der Waals surface area contributed by atoms with Gasteiger partial charge in [0.15, 0.2) is 11.0 Å². The van der Waals surface area contributed by atoms with Crippen LogP contribution in [0, 0.1) is 6.92 Å². The molecule has 0 fully saturated rings. The van der Waals surface area contributed by atoms with Gasteiger partial charge in [0.05, 0.1) is 7.11 Å². The second-order valence-corrected chi connectivity index (χ2v) is 4.92. The second-order valence-electron chi connectivity index (χ2n) is 4.13. The first-order valence-corrected chi connectivity index (χ1v) is 6.50. The predicted molar refractivity (Wildman–Crippen MR) is 76.3 cm³/mol. The maximum Gasteiger partial charge on any atom is 0.200 e. The molecule has 0 aliphatic heterocycles. The molecule has 0 atom stereocenters. The van der Waals surface area contributed by atoms with E-state index in [2.05, 4.69) is 14.3 Å². The minimum absolute atomic E-state index is 0.438. The van der Waals surface area contributed by atoms with Crippen LogP contribution in [0.15, 0.2) is 24.3 Å². The number of ether oxygens (including phenoxy) is 1. The van der Waals surface area contributed by atoms with Gasteiger partial charge in [-0.25, -0.2) is 4.98 Å². The van der Waals surface area contributed by atoms with E-state index in [0.717, 1.165) is 33.7 Å². The summed E-state index contributed by atoms with van der Waals surface area (Å²) in [7, 11) is 1.64. The highest BCUT2D eigenvalue weighted by Crippen LogP contribution is 2.29. The van der Waals surface area contributed by atoms with Gasteiger partial charge >= 0.3 is 0 Å². The lowest BCUT2D eigenvalue weighted by Gasteiger charge is -2.07. The van der Waals surface area contributed by atoms with Crippen LogP contribution < -0.4 is 10.5 Å². The Morgan fingerprint density at radius 3 is 2.68 bits per heavy atom. The van der Waals surface area contributed by atoms with E-state index in [4.69, 9.17) is 10.5 Å². The number of pyridine rings is 1. The monoisotopic (exact) mass is 272 g/mol. The number of nitrogens with two attached hydrogens (primary N) is 1. The van der Waals surface area contributed by atoms with Crippen molar-refractivity contribution in [3.8, 4) is 17.3 Å². The van der Waals surface area contributed by atoms with E-state index in [1.165, 1.54) is 0 Å². The van der Waals surface area contributed by atoms with Crippen molar-refractivity contribution in [3.05, 3.63) is 29.8 Å². The molecule has 0 bridgehead atoms. The number of anilines is 1. The third-order valence-electron chi connectivity index (χ3n) is 2.93. The highest BCUT2D eigenvalue weighted by Gasteiger charge is 2.10. The van der Waals surface area contributed by atoms with Crippen LogP contribution in [0.25, 0.3) is 22.4 Å².